The Bertz CT molecular complexity index is 602. The van der Waals surface area contributed by atoms with Crippen molar-refractivity contribution in [2.24, 2.45) is 5.73 Å². The summed E-state index contributed by atoms with van der Waals surface area (Å²) >= 11 is 11.8. The minimum atomic E-state index is -1.80. The number of halogens is 3. The Kier molecular flexibility index (Phi) is 10.3. The fourth-order valence-corrected chi connectivity index (χ4v) is 2.25. The highest BCUT2D eigenvalue weighted by molar-refractivity contribution is 6.37. The van der Waals surface area contributed by atoms with Crippen molar-refractivity contribution in [3.63, 3.8) is 0 Å². The number of ether oxygens (including phenoxy) is 2. The number of methoxy groups -OCH3 is 1. The van der Waals surface area contributed by atoms with E-state index in [4.69, 9.17) is 38.4 Å². The molecule has 8 nitrogen and oxygen atoms in total. The number of aliphatic hydroxyl groups is 3. The lowest BCUT2D eigenvalue weighted by Gasteiger charge is -2.24. The van der Waals surface area contributed by atoms with E-state index in [0.29, 0.717) is 0 Å². The fourth-order valence-electron chi connectivity index (χ4n) is 1.79. The van der Waals surface area contributed by atoms with Crippen molar-refractivity contribution in [1.29, 1.82) is 0 Å². The van der Waals surface area contributed by atoms with Gasteiger partial charge in [-0.05, 0) is 12.1 Å². The van der Waals surface area contributed by atoms with Gasteiger partial charge in [0.15, 0.2) is 5.75 Å². The topological polar surface area (TPSA) is 139 Å². The van der Waals surface area contributed by atoms with Crippen LogP contribution in [-0.4, -0.2) is 65.6 Å². The predicted molar refractivity (Wildman–Crippen MR) is 92.6 cm³/mol. The maximum atomic E-state index is 12.1. The Labute approximate surface area is 159 Å². The molecule has 4 atom stereocenters. The average Bonchev–Trinajstić information content (AvgIpc) is 2.58. The van der Waals surface area contributed by atoms with E-state index in [-0.39, 0.29) is 40.1 Å². The summed E-state index contributed by atoms with van der Waals surface area (Å²) in [5.74, 6) is -0.966. The quantitative estimate of drug-likeness (QED) is 0.346. The van der Waals surface area contributed by atoms with Gasteiger partial charge in [-0.2, -0.15) is 0 Å². The number of esters is 1. The fraction of sp³-hybridized carbons (Fsp3) is 0.429. The lowest BCUT2D eigenvalue weighted by Crippen LogP contribution is -2.50. The second kappa shape index (κ2) is 10.8. The molecule has 0 aromatic heterocycles. The number of carbonyl (C=O) groups is 2. The Morgan fingerprint density at radius 1 is 1.24 bits per heavy atom. The van der Waals surface area contributed by atoms with Crippen LogP contribution in [-0.2, 0) is 9.53 Å². The Morgan fingerprint density at radius 3 is 2.32 bits per heavy atom. The first-order chi connectivity index (χ1) is 11.2. The number of carbonyl (C=O) groups excluding carboxylic acids is 2. The third-order valence-corrected chi connectivity index (χ3v) is 3.76. The van der Waals surface area contributed by atoms with E-state index >= 15 is 0 Å². The molecule has 0 spiro atoms. The van der Waals surface area contributed by atoms with E-state index in [2.05, 4.69) is 0 Å². The van der Waals surface area contributed by atoms with Crippen molar-refractivity contribution < 1.29 is 34.4 Å². The van der Waals surface area contributed by atoms with Crippen LogP contribution < -0.4 is 10.5 Å². The molecule has 0 amide bonds. The highest BCUT2D eigenvalue weighted by Gasteiger charge is 2.31. The van der Waals surface area contributed by atoms with Gasteiger partial charge < -0.3 is 35.3 Å². The summed E-state index contributed by atoms with van der Waals surface area (Å²) in [7, 11) is 1.28. The molecule has 0 saturated heterocycles. The number of hydrogen-bond acceptors (Lipinski definition) is 8. The number of nitrogens with two attached hydrogens (primary N) is 1. The van der Waals surface area contributed by atoms with Crippen LogP contribution in [0.25, 0.3) is 0 Å². The maximum absolute atomic E-state index is 12.1. The van der Waals surface area contributed by atoms with E-state index in [9.17, 15) is 24.9 Å². The molecule has 0 bridgehead atoms. The first-order valence-electron chi connectivity index (χ1n) is 6.68. The zero-order chi connectivity index (χ0) is 18.4. The van der Waals surface area contributed by atoms with Crippen molar-refractivity contribution in [3.05, 3.63) is 27.7 Å². The van der Waals surface area contributed by atoms with Gasteiger partial charge in [0.1, 0.15) is 36.8 Å². The molecule has 25 heavy (non-hydrogen) atoms. The number of aldehydes is 1. The standard InChI is InChI=1S/C14H17Cl2NO7.ClH/c1-23-13-7(16)3-2-6(15)10(13)14(22)24-5-9(19)12(21)11(20)8(17)4-18;/h2-4,8-9,11-12,19-21H,5,17H2,1H3;1H/t8-,9+,11+,12+;/m0./s1. The van der Waals surface area contributed by atoms with Gasteiger partial charge in [0.05, 0.1) is 23.2 Å². The monoisotopic (exact) mass is 417 g/mol. The molecule has 5 N–H and O–H groups in total. The minimum absolute atomic E-state index is 0. The van der Waals surface area contributed by atoms with Gasteiger partial charge in [0.2, 0.25) is 0 Å². The number of rotatable bonds is 8. The molecule has 1 rings (SSSR count). The maximum Gasteiger partial charge on any atom is 0.343 e. The molecule has 1 aromatic carbocycles. The van der Waals surface area contributed by atoms with Crippen molar-refractivity contribution in [1.82, 2.24) is 0 Å². The van der Waals surface area contributed by atoms with Crippen LogP contribution in [0.15, 0.2) is 12.1 Å². The molecule has 1 aromatic rings. The summed E-state index contributed by atoms with van der Waals surface area (Å²) in [4.78, 5) is 22.6. The summed E-state index contributed by atoms with van der Waals surface area (Å²) in [6.07, 6.45) is -4.99. The SMILES string of the molecule is COc1c(Cl)ccc(Cl)c1C(=O)OC[C@@H](O)[C@@H](O)[C@H](O)[C@@H](N)C=O.Cl. The third-order valence-electron chi connectivity index (χ3n) is 3.15. The van der Waals surface area contributed by atoms with Crippen molar-refractivity contribution in [2.45, 2.75) is 24.4 Å². The second-order valence-electron chi connectivity index (χ2n) is 4.80. The van der Waals surface area contributed by atoms with E-state index in [1.54, 1.807) is 0 Å². The lowest BCUT2D eigenvalue weighted by atomic mass is 10.0. The summed E-state index contributed by atoms with van der Waals surface area (Å²) in [6.45, 7) is -0.686. The van der Waals surface area contributed by atoms with Crippen LogP contribution in [0.5, 0.6) is 5.75 Å². The van der Waals surface area contributed by atoms with Crippen LogP contribution >= 0.6 is 35.6 Å². The third kappa shape index (κ3) is 5.96. The second-order valence-corrected chi connectivity index (χ2v) is 5.61. The van der Waals surface area contributed by atoms with Gasteiger partial charge in [-0.1, -0.05) is 23.2 Å². The smallest absolute Gasteiger partial charge is 0.343 e. The molecule has 0 heterocycles. The van der Waals surface area contributed by atoms with Gasteiger partial charge in [-0.3, -0.25) is 0 Å². The van der Waals surface area contributed by atoms with Crippen LogP contribution in [0.1, 0.15) is 10.4 Å². The Morgan fingerprint density at radius 2 is 1.80 bits per heavy atom. The summed E-state index contributed by atoms with van der Waals surface area (Å²) in [5, 5.41) is 29.1. The molecule has 11 heteroatoms. The van der Waals surface area contributed by atoms with Gasteiger partial charge in [0, 0.05) is 0 Å². The predicted octanol–water partition coefficient (Wildman–Crippen LogP) is 0.190. The van der Waals surface area contributed by atoms with Gasteiger partial charge in [-0.25, -0.2) is 4.79 Å². The van der Waals surface area contributed by atoms with Gasteiger partial charge >= 0.3 is 5.97 Å². The van der Waals surface area contributed by atoms with Gasteiger partial charge in [0.25, 0.3) is 0 Å². The molecule has 0 aliphatic heterocycles. The van der Waals surface area contributed by atoms with E-state index in [0.717, 1.165) is 0 Å². The Hall–Kier alpha value is -1.13. The molecular formula is C14H18Cl3NO7. The van der Waals surface area contributed by atoms with Crippen LogP contribution in [0.4, 0.5) is 0 Å². The highest BCUT2D eigenvalue weighted by Crippen LogP contribution is 2.34. The van der Waals surface area contributed by atoms with Crippen LogP contribution in [0, 0.1) is 0 Å². The number of hydrogen-bond donors (Lipinski definition) is 4. The highest BCUT2D eigenvalue weighted by atomic mass is 35.5. The van der Waals surface area contributed by atoms with Crippen LogP contribution in [0.3, 0.4) is 0 Å². The normalized spacial score (nSPS) is 15.3. The zero-order valence-corrected chi connectivity index (χ0v) is 15.3. The largest absolute Gasteiger partial charge is 0.494 e. The molecule has 0 saturated carbocycles. The summed E-state index contributed by atoms with van der Waals surface area (Å²) in [6, 6.07) is 1.39. The van der Waals surface area contributed by atoms with Gasteiger partial charge in [-0.15, -0.1) is 12.4 Å². The van der Waals surface area contributed by atoms with Crippen molar-refractivity contribution in [2.75, 3.05) is 13.7 Å². The first kappa shape index (κ1) is 23.9. The molecule has 0 radical (unpaired) electrons. The summed E-state index contributed by atoms with van der Waals surface area (Å²) in [5.41, 5.74) is 5.08. The van der Waals surface area contributed by atoms with Crippen molar-refractivity contribution >= 4 is 47.9 Å². The molecule has 0 aliphatic rings. The van der Waals surface area contributed by atoms with Crippen molar-refractivity contribution in [3.8, 4) is 5.75 Å². The van der Waals surface area contributed by atoms with Crippen LogP contribution in [0.2, 0.25) is 10.0 Å². The Balaban J connectivity index is 0.00000576. The lowest BCUT2D eigenvalue weighted by molar-refractivity contribution is -0.118. The minimum Gasteiger partial charge on any atom is -0.494 e. The molecule has 0 aliphatic carbocycles. The molecule has 0 fully saturated rings. The molecule has 142 valence electrons. The molecular weight excluding hydrogens is 401 g/mol. The zero-order valence-electron chi connectivity index (χ0n) is 13.0. The summed E-state index contributed by atoms with van der Waals surface area (Å²) < 4.78 is 9.83. The first-order valence-corrected chi connectivity index (χ1v) is 7.44. The number of aliphatic hydroxyl groups excluding tert-OH is 3. The average molecular weight is 419 g/mol. The van der Waals surface area contributed by atoms with E-state index in [1.807, 2.05) is 0 Å². The number of benzene rings is 1. The molecule has 0 unspecified atom stereocenters. The van der Waals surface area contributed by atoms with E-state index in [1.165, 1.54) is 19.2 Å². The van der Waals surface area contributed by atoms with E-state index < -0.39 is 36.9 Å².